The van der Waals surface area contributed by atoms with Crippen molar-refractivity contribution in [3.63, 3.8) is 0 Å². The summed E-state index contributed by atoms with van der Waals surface area (Å²) < 4.78 is 11.2. The van der Waals surface area contributed by atoms with E-state index in [-0.39, 0.29) is 18.7 Å². The van der Waals surface area contributed by atoms with Gasteiger partial charge in [-0.3, -0.25) is 0 Å². The predicted molar refractivity (Wildman–Crippen MR) is 156 cm³/mol. The van der Waals surface area contributed by atoms with Gasteiger partial charge in [0.15, 0.2) is 0 Å². The molecule has 0 radical (unpaired) electrons. The summed E-state index contributed by atoms with van der Waals surface area (Å²) in [4.78, 5) is 0. The Morgan fingerprint density at radius 1 is 0.711 bits per heavy atom. The van der Waals surface area contributed by atoms with Crippen LogP contribution in [0.15, 0.2) is 60.2 Å². The van der Waals surface area contributed by atoms with Crippen molar-refractivity contribution in [2.24, 2.45) is 0 Å². The SMILES string of the molecule is CCCCCCCCc1ccc(C2=C(C)C=C(c3cccc(CCCC)c3)[N+]2=[N-])cc1.CC[O][Pd][O]CC. The summed E-state index contributed by atoms with van der Waals surface area (Å²) in [5.74, 6) is 0. The van der Waals surface area contributed by atoms with Crippen molar-refractivity contribution in [1.82, 2.24) is 0 Å². The van der Waals surface area contributed by atoms with Crippen molar-refractivity contribution >= 4 is 11.4 Å². The first-order chi connectivity index (χ1) is 18.5. The number of rotatable bonds is 16. The number of nitrogens with zero attached hydrogens (tertiary/aromatic N) is 2. The van der Waals surface area contributed by atoms with E-state index in [4.69, 9.17) is 6.92 Å². The van der Waals surface area contributed by atoms with Crippen LogP contribution in [0.25, 0.3) is 16.9 Å². The second-order valence-corrected chi connectivity index (χ2v) is 10.9. The van der Waals surface area contributed by atoms with Crippen molar-refractivity contribution in [3.05, 3.63) is 88.0 Å². The number of benzene rings is 2. The molecule has 1 aliphatic rings. The summed E-state index contributed by atoms with van der Waals surface area (Å²) in [7, 11) is 0. The molecule has 0 spiro atoms. The van der Waals surface area contributed by atoms with E-state index in [9.17, 15) is 5.53 Å². The molecule has 5 heteroatoms. The molecule has 0 saturated carbocycles. The maximum atomic E-state index is 11.0. The molecule has 3 rings (SSSR count). The summed E-state index contributed by atoms with van der Waals surface area (Å²) in [5.41, 5.74) is 18.7. The molecule has 0 aliphatic carbocycles. The van der Waals surface area contributed by atoms with Gasteiger partial charge in [0.2, 0.25) is 11.4 Å². The molecule has 38 heavy (non-hydrogen) atoms. The van der Waals surface area contributed by atoms with E-state index >= 15 is 0 Å². The topological polar surface area (TPSA) is 43.8 Å². The molecule has 0 saturated heterocycles. The van der Waals surface area contributed by atoms with Crippen molar-refractivity contribution < 1.29 is 30.3 Å². The Balaban J connectivity index is 0.000000638. The van der Waals surface area contributed by atoms with Crippen molar-refractivity contribution in [3.8, 4) is 0 Å². The van der Waals surface area contributed by atoms with Gasteiger partial charge < -0.3 is 5.53 Å². The van der Waals surface area contributed by atoms with Crippen LogP contribution in [0.1, 0.15) is 108 Å². The van der Waals surface area contributed by atoms with Gasteiger partial charge in [-0.25, -0.2) is 4.70 Å². The average molecular weight is 611 g/mol. The van der Waals surface area contributed by atoms with E-state index < -0.39 is 0 Å². The summed E-state index contributed by atoms with van der Waals surface area (Å²) >= 11 is 0.0681. The van der Waals surface area contributed by atoms with Crippen LogP contribution in [0.2, 0.25) is 0 Å². The van der Waals surface area contributed by atoms with Gasteiger partial charge in [-0.05, 0) is 68.0 Å². The van der Waals surface area contributed by atoms with E-state index in [2.05, 4.69) is 75.4 Å². The molecule has 4 nitrogen and oxygen atoms in total. The number of allylic oxidation sites excluding steroid dienone is 2. The van der Waals surface area contributed by atoms with Crippen LogP contribution in [0.5, 0.6) is 0 Å². The Labute approximate surface area is 241 Å². The summed E-state index contributed by atoms with van der Waals surface area (Å²) in [6, 6.07) is 17.3. The molecule has 0 fully saturated rings. The second kappa shape index (κ2) is 19.2. The van der Waals surface area contributed by atoms with Gasteiger partial charge in [0.1, 0.15) is 0 Å². The molecule has 2 aromatic carbocycles. The first-order valence-electron chi connectivity index (χ1n) is 14.5. The zero-order chi connectivity index (χ0) is 27.6. The summed E-state index contributed by atoms with van der Waals surface area (Å²) in [6.45, 7) is 12.0. The number of hydrogen-bond donors (Lipinski definition) is 0. The first-order valence-corrected chi connectivity index (χ1v) is 15.8. The zero-order valence-corrected chi connectivity index (χ0v) is 25.8. The molecular weight excluding hydrogens is 563 g/mol. The van der Waals surface area contributed by atoms with E-state index in [1.54, 1.807) is 0 Å². The molecule has 1 heterocycles. The van der Waals surface area contributed by atoms with Gasteiger partial charge >= 0.3 is 52.7 Å². The van der Waals surface area contributed by atoms with Crippen molar-refractivity contribution in [1.29, 1.82) is 0 Å². The third-order valence-corrected chi connectivity index (χ3v) is 7.78. The standard InChI is InChI=1S/C29H38N2.2C2H5O.Pd/c1-4-6-8-9-10-11-14-24-17-19-26(20-18-24)29-23(3)21-28(31(29)30)27-16-12-15-25(22-27)13-7-5-2;2*1-2-3;/h12,15-22H,4-11,13-14H2,1-3H3;2*2H2,1H3;/q;2*-1;+2. The number of aryl methyl sites for hydroxylation is 2. The van der Waals surface area contributed by atoms with Crippen LogP contribution < -0.4 is 0 Å². The zero-order valence-electron chi connectivity index (χ0n) is 24.2. The Hall–Kier alpha value is -1.90. The minimum absolute atomic E-state index is 0.0681. The monoisotopic (exact) mass is 610 g/mol. The number of unbranched alkanes of at least 4 members (excludes halogenated alkanes) is 6. The predicted octanol–water partition coefficient (Wildman–Crippen LogP) is 9.72. The van der Waals surface area contributed by atoms with Gasteiger partial charge in [-0.15, -0.1) is 0 Å². The molecule has 0 amide bonds. The molecule has 0 N–H and O–H groups in total. The molecule has 1 aliphatic heterocycles. The molecule has 212 valence electrons. The van der Waals surface area contributed by atoms with Crippen LogP contribution in [0.4, 0.5) is 0 Å². The Morgan fingerprint density at radius 2 is 1.34 bits per heavy atom. The molecule has 0 aromatic heterocycles. The fraction of sp³-hybridized carbons (Fsp3) is 0.515. The van der Waals surface area contributed by atoms with Gasteiger partial charge in [-0.2, -0.15) is 0 Å². The van der Waals surface area contributed by atoms with Crippen LogP contribution >= 0.6 is 0 Å². The van der Waals surface area contributed by atoms with Gasteiger partial charge in [0.25, 0.3) is 0 Å². The fourth-order valence-corrected chi connectivity index (χ4v) is 4.98. The Morgan fingerprint density at radius 3 is 2.00 bits per heavy atom. The molecule has 0 bridgehead atoms. The van der Waals surface area contributed by atoms with Crippen LogP contribution in [-0.4, -0.2) is 17.9 Å². The molecular formula is C33H48N2O2Pd. The van der Waals surface area contributed by atoms with Crippen molar-refractivity contribution in [2.75, 3.05) is 13.2 Å². The molecule has 0 atom stereocenters. The third-order valence-electron chi connectivity index (χ3n) is 6.51. The fourth-order valence-electron chi connectivity index (χ4n) is 4.48. The first kappa shape index (κ1) is 32.3. The quantitative estimate of drug-likeness (QED) is 0.108. The average Bonchev–Trinajstić information content (AvgIpc) is 3.24. The Bertz CT molecular complexity index is 1020. The van der Waals surface area contributed by atoms with Crippen molar-refractivity contribution in [2.45, 2.75) is 98.8 Å². The Kier molecular flexibility index (Phi) is 16.3. The summed E-state index contributed by atoms with van der Waals surface area (Å²) in [6.07, 6.45) is 14.7. The molecule has 0 unspecified atom stereocenters. The molecule has 2 aromatic rings. The van der Waals surface area contributed by atoms with Gasteiger partial charge in [0, 0.05) is 22.8 Å². The number of hydrogen-bond acceptors (Lipinski definition) is 2. The van der Waals surface area contributed by atoms with Gasteiger partial charge in [-0.1, -0.05) is 76.6 Å². The van der Waals surface area contributed by atoms with Crippen LogP contribution in [-0.2, 0) is 38.5 Å². The summed E-state index contributed by atoms with van der Waals surface area (Å²) in [5, 5.41) is 0. The normalized spacial score (nSPS) is 13.1. The van der Waals surface area contributed by atoms with E-state index in [0.29, 0.717) is 0 Å². The van der Waals surface area contributed by atoms with E-state index in [0.717, 1.165) is 54.1 Å². The third kappa shape index (κ3) is 11.1. The second-order valence-electron chi connectivity index (χ2n) is 9.70. The maximum absolute atomic E-state index is 11.0. The van der Waals surface area contributed by atoms with Crippen LogP contribution in [0, 0.1) is 0 Å². The van der Waals surface area contributed by atoms with E-state index in [1.165, 1.54) is 67.2 Å². The minimum atomic E-state index is 0.0681. The van der Waals surface area contributed by atoms with Gasteiger partial charge in [0.05, 0.1) is 0 Å². The van der Waals surface area contributed by atoms with Crippen LogP contribution in [0.3, 0.4) is 0 Å². The van der Waals surface area contributed by atoms with E-state index in [1.807, 2.05) is 13.8 Å².